The maximum absolute atomic E-state index is 3.70. The standard InChI is InChI=1S/C15H26N2S/c1-5-15(4)11-17(13(3)10-16-15)12(2)9-14-7-6-8-18-14/h6-8,12-13,16H,5,9-11H2,1-4H3. The molecule has 0 spiro atoms. The lowest BCUT2D eigenvalue weighted by Crippen LogP contribution is -2.63. The predicted octanol–water partition coefficient (Wildman–Crippen LogP) is 3.14. The molecule has 1 fully saturated rings. The van der Waals surface area contributed by atoms with Gasteiger partial charge in [0.25, 0.3) is 0 Å². The van der Waals surface area contributed by atoms with E-state index in [2.05, 4.69) is 55.4 Å². The molecule has 0 bridgehead atoms. The zero-order valence-electron chi connectivity index (χ0n) is 12.1. The minimum absolute atomic E-state index is 0.288. The Morgan fingerprint density at radius 3 is 3.00 bits per heavy atom. The van der Waals surface area contributed by atoms with Crippen molar-refractivity contribution in [2.24, 2.45) is 0 Å². The lowest BCUT2D eigenvalue weighted by Gasteiger charge is -2.47. The highest BCUT2D eigenvalue weighted by Gasteiger charge is 2.34. The molecule has 1 saturated heterocycles. The minimum Gasteiger partial charge on any atom is -0.309 e. The van der Waals surface area contributed by atoms with Gasteiger partial charge in [-0.05, 0) is 45.1 Å². The number of nitrogens with one attached hydrogen (secondary N) is 1. The summed E-state index contributed by atoms with van der Waals surface area (Å²) in [4.78, 5) is 4.19. The van der Waals surface area contributed by atoms with E-state index in [0.717, 1.165) is 13.1 Å². The highest BCUT2D eigenvalue weighted by atomic mass is 32.1. The first-order valence-corrected chi connectivity index (χ1v) is 7.95. The first kappa shape index (κ1) is 14.0. The maximum Gasteiger partial charge on any atom is 0.0278 e. The normalized spacial score (nSPS) is 31.4. The highest BCUT2D eigenvalue weighted by molar-refractivity contribution is 7.09. The van der Waals surface area contributed by atoms with Crippen LogP contribution in [-0.4, -0.2) is 35.6 Å². The molecule has 2 rings (SSSR count). The molecule has 0 aromatic carbocycles. The topological polar surface area (TPSA) is 15.3 Å². The molecular weight excluding hydrogens is 240 g/mol. The van der Waals surface area contributed by atoms with Gasteiger partial charge in [0.05, 0.1) is 0 Å². The van der Waals surface area contributed by atoms with Crippen molar-refractivity contribution < 1.29 is 0 Å². The Morgan fingerprint density at radius 1 is 1.61 bits per heavy atom. The lowest BCUT2D eigenvalue weighted by molar-refractivity contribution is 0.0604. The average molecular weight is 266 g/mol. The molecular formula is C15H26N2S. The molecule has 2 nitrogen and oxygen atoms in total. The lowest BCUT2D eigenvalue weighted by atomic mass is 9.92. The number of thiophene rings is 1. The van der Waals surface area contributed by atoms with Gasteiger partial charge in [0.1, 0.15) is 0 Å². The van der Waals surface area contributed by atoms with Gasteiger partial charge in [-0.15, -0.1) is 11.3 Å². The molecule has 1 aromatic heterocycles. The molecule has 0 saturated carbocycles. The van der Waals surface area contributed by atoms with Crippen molar-refractivity contribution in [3.63, 3.8) is 0 Å². The Morgan fingerprint density at radius 2 is 2.39 bits per heavy atom. The van der Waals surface area contributed by atoms with Crippen molar-refractivity contribution in [2.45, 2.75) is 58.2 Å². The monoisotopic (exact) mass is 266 g/mol. The van der Waals surface area contributed by atoms with Crippen LogP contribution in [0.4, 0.5) is 0 Å². The molecule has 1 aliphatic rings. The van der Waals surface area contributed by atoms with E-state index in [1.165, 1.54) is 17.7 Å². The first-order valence-electron chi connectivity index (χ1n) is 7.07. The van der Waals surface area contributed by atoms with Crippen LogP contribution < -0.4 is 5.32 Å². The van der Waals surface area contributed by atoms with Gasteiger partial charge in [0.15, 0.2) is 0 Å². The third kappa shape index (κ3) is 3.14. The molecule has 3 unspecified atom stereocenters. The van der Waals surface area contributed by atoms with Gasteiger partial charge in [-0.2, -0.15) is 0 Å². The van der Waals surface area contributed by atoms with Gasteiger partial charge in [-0.1, -0.05) is 13.0 Å². The zero-order valence-corrected chi connectivity index (χ0v) is 12.9. The molecule has 1 N–H and O–H groups in total. The molecule has 3 heteroatoms. The molecule has 0 amide bonds. The van der Waals surface area contributed by atoms with Crippen molar-refractivity contribution in [3.05, 3.63) is 22.4 Å². The third-order valence-corrected chi connectivity index (χ3v) is 5.24. The second-order valence-corrected chi connectivity index (χ2v) is 6.98. The molecule has 1 aliphatic heterocycles. The Kier molecular flexibility index (Phi) is 4.46. The van der Waals surface area contributed by atoms with E-state index in [9.17, 15) is 0 Å². The molecule has 0 aliphatic carbocycles. The number of piperazine rings is 1. The Hall–Kier alpha value is -0.380. The fourth-order valence-corrected chi connectivity index (χ4v) is 3.62. The van der Waals surface area contributed by atoms with Crippen LogP contribution in [0.25, 0.3) is 0 Å². The van der Waals surface area contributed by atoms with Crippen molar-refractivity contribution >= 4 is 11.3 Å². The molecule has 18 heavy (non-hydrogen) atoms. The number of hydrogen-bond donors (Lipinski definition) is 1. The summed E-state index contributed by atoms with van der Waals surface area (Å²) >= 11 is 1.88. The minimum atomic E-state index is 0.288. The molecule has 0 radical (unpaired) electrons. The molecule has 1 aromatic rings. The van der Waals surface area contributed by atoms with Crippen molar-refractivity contribution in [3.8, 4) is 0 Å². The van der Waals surface area contributed by atoms with E-state index in [1.807, 2.05) is 11.3 Å². The van der Waals surface area contributed by atoms with Gasteiger partial charge in [0.2, 0.25) is 0 Å². The summed E-state index contributed by atoms with van der Waals surface area (Å²) in [6, 6.07) is 5.68. The summed E-state index contributed by atoms with van der Waals surface area (Å²) in [5.41, 5.74) is 0.288. The fourth-order valence-electron chi connectivity index (χ4n) is 2.79. The Bertz CT molecular complexity index is 363. The van der Waals surface area contributed by atoms with Crippen LogP contribution >= 0.6 is 11.3 Å². The van der Waals surface area contributed by atoms with Crippen LogP contribution in [0.1, 0.15) is 39.0 Å². The van der Waals surface area contributed by atoms with E-state index in [0.29, 0.717) is 12.1 Å². The van der Waals surface area contributed by atoms with E-state index >= 15 is 0 Å². The van der Waals surface area contributed by atoms with Gasteiger partial charge in [-0.3, -0.25) is 4.90 Å². The Labute approximate surface area is 115 Å². The second kappa shape index (κ2) is 5.72. The van der Waals surface area contributed by atoms with Gasteiger partial charge >= 0.3 is 0 Å². The van der Waals surface area contributed by atoms with Crippen LogP contribution in [-0.2, 0) is 6.42 Å². The van der Waals surface area contributed by atoms with Gasteiger partial charge in [0, 0.05) is 35.6 Å². The largest absolute Gasteiger partial charge is 0.309 e. The number of rotatable bonds is 4. The molecule has 2 heterocycles. The van der Waals surface area contributed by atoms with Crippen LogP contribution in [0.15, 0.2) is 17.5 Å². The zero-order chi connectivity index (χ0) is 13.2. The van der Waals surface area contributed by atoms with Crippen molar-refractivity contribution in [1.82, 2.24) is 10.2 Å². The third-order valence-electron chi connectivity index (χ3n) is 4.35. The first-order chi connectivity index (χ1) is 8.54. The van der Waals surface area contributed by atoms with Gasteiger partial charge < -0.3 is 5.32 Å². The number of nitrogens with zero attached hydrogens (tertiary/aromatic N) is 1. The average Bonchev–Trinajstić information content (AvgIpc) is 2.85. The quantitative estimate of drug-likeness (QED) is 0.900. The molecule has 3 atom stereocenters. The van der Waals surface area contributed by atoms with Crippen molar-refractivity contribution in [2.75, 3.05) is 13.1 Å². The van der Waals surface area contributed by atoms with Crippen LogP contribution in [0.2, 0.25) is 0 Å². The summed E-state index contributed by atoms with van der Waals surface area (Å²) < 4.78 is 0. The second-order valence-electron chi connectivity index (χ2n) is 5.95. The summed E-state index contributed by atoms with van der Waals surface area (Å²) in [7, 11) is 0. The summed E-state index contributed by atoms with van der Waals surface area (Å²) in [6.07, 6.45) is 2.38. The maximum atomic E-state index is 3.70. The predicted molar refractivity (Wildman–Crippen MR) is 80.4 cm³/mol. The number of hydrogen-bond acceptors (Lipinski definition) is 3. The van der Waals surface area contributed by atoms with Crippen LogP contribution in [0.3, 0.4) is 0 Å². The van der Waals surface area contributed by atoms with E-state index in [4.69, 9.17) is 0 Å². The highest BCUT2D eigenvalue weighted by Crippen LogP contribution is 2.23. The van der Waals surface area contributed by atoms with E-state index in [-0.39, 0.29) is 5.54 Å². The smallest absolute Gasteiger partial charge is 0.0278 e. The fraction of sp³-hybridized carbons (Fsp3) is 0.733. The van der Waals surface area contributed by atoms with Crippen LogP contribution in [0, 0.1) is 0 Å². The SMILES string of the molecule is CCC1(C)CN(C(C)Cc2cccs2)C(C)CN1. The summed E-state index contributed by atoms with van der Waals surface area (Å²) in [5.74, 6) is 0. The van der Waals surface area contributed by atoms with Crippen molar-refractivity contribution in [1.29, 1.82) is 0 Å². The molecule has 102 valence electrons. The summed E-state index contributed by atoms with van der Waals surface area (Å²) in [6.45, 7) is 11.6. The van der Waals surface area contributed by atoms with Gasteiger partial charge in [-0.25, -0.2) is 0 Å². The summed E-state index contributed by atoms with van der Waals surface area (Å²) in [5, 5.41) is 5.88. The van der Waals surface area contributed by atoms with E-state index < -0.39 is 0 Å². The van der Waals surface area contributed by atoms with Crippen LogP contribution in [0.5, 0.6) is 0 Å². The van der Waals surface area contributed by atoms with E-state index in [1.54, 1.807) is 0 Å². The Balaban J connectivity index is 2.01.